The number of benzene rings is 1. The Bertz CT molecular complexity index is 429. The smallest absolute Gasteiger partial charge is 0.311 e. The van der Waals surface area contributed by atoms with Gasteiger partial charge in [-0.25, -0.2) is 4.39 Å². The fraction of sp³-hybridized carbons (Fsp3) is 0.417. The van der Waals surface area contributed by atoms with Crippen LogP contribution < -0.4 is 4.74 Å². The molecule has 0 heterocycles. The van der Waals surface area contributed by atoms with E-state index in [0.29, 0.717) is 29.7 Å². The van der Waals surface area contributed by atoms with E-state index in [-0.39, 0.29) is 0 Å². The van der Waals surface area contributed by atoms with E-state index in [4.69, 9.17) is 9.84 Å². The lowest BCUT2D eigenvalue weighted by atomic mass is 9.82. The van der Waals surface area contributed by atoms with Crippen LogP contribution in [-0.2, 0) is 11.2 Å². The Morgan fingerprint density at radius 2 is 2.31 bits per heavy atom. The molecule has 0 aromatic heterocycles. The summed E-state index contributed by atoms with van der Waals surface area (Å²) in [5.41, 5.74) is 1.01. The highest BCUT2D eigenvalue weighted by atomic mass is 19.1. The number of fused-ring (bicyclic) bond motifs is 1. The van der Waals surface area contributed by atoms with Crippen LogP contribution in [0.2, 0.25) is 0 Å². The van der Waals surface area contributed by atoms with Crippen LogP contribution in [0.5, 0.6) is 5.75 Å². The first kappa shape index (κ1) is 10.9. The second-order valence-corrected chi connectivity index (χ2v) is 3.92. The minimum Gasteiger partial charge on any atom is -0.496 e. The van der Waals surface area contributed by atoms with Gasteiger partial charge in [0.1, 0.15) is 11.6 Å². The molecule has 0 amide bonds. The molecule has 16 heavy (non-hydrogen) atoms. The zero-order valence-corrected chi connectivity index (χ0v) is 9.00. The largest absolute Gasteiger partial charge is 0.496 e. The number of carboxylic acids is 1. The molecule has 0 unspecified atom stereocenters. The van der Waals surface area contributed by atoms with Crippen LogP contribution in [0.25, 0.3) is 0 Å². The van der Waals surface area contributed by atoms with Gasteiger partial charge in [0.15, 0.2) is 0 Å². The number of rotatable bonds is 2. The summed E-state index contributed by atoms with van der Waals surface area (Å²) in [6.45, 7) is 0. The van der Waals surface area contributed by atoms with Crippen LogP contribution in [0.15, 0.2) is 12.1 Å². The van der Waals surface area contributed by atoms with Crippen molar-refractivity contribution in [1.29, 1.82) is 0 Å². The van der Waals surface area contributed by atoms with E-state index in [0.717, 1.165) is 6.42 Å². The number of carbonyl (C=O) groups is 1. The zero-order chi connectivity index (χ0) is 11.7. The average molecular weight is 224 g/mol. The van der Waals surface area contributed by atoms with E-state index in [1.807, 2.05) is 0 Å². The van der Waals surface area contributed by atoms with E-state index in [1.165, 1.54) is 13.2 Å². The number of methoxy groups -OCH3 is 1. The fourth-order valence-corrected chi connectivity index (χ4v) is 2.32. The molecule has 0 radical (unpaired) electrons. The van der Waals surface area contributed by atoms with E-state index in [9.17, 15) is 9.18 Å². The Labute approximate surface area is 92.9 Å². The molecule has 1 aromatic rings. The minimum absolute atomic E-state index is 0.304. The molecule has 1 atom stereocenters. The summed E-state index contributed by atoms with van der Waals surface area (Å²) in [4.78, 5) is 11.1. The first-order chi connectivity index (χ1) is 7.65. The van der Waals surface area contributed by atoms with Crippen molar-refractivity contribution in [2.45, 2.75) is 25.2 Å². The molecule has 0 fully saturated rings. The summed E-state index contributed by atoms with van der Waals surface area (Å²) in [6.07, 6.45) is 1.93. The van der Waals surface area contributed by atoms with Crippen molar-refractivity contribution in [3.05, 3.63) is 29.1 Å². The zero-order valence-electron chi connectivity index (χ0n) is 9.00. The van der Waals surface area contributed by atoms with Crippen LogP contribution in [-0.4, -0.2) is 18.2 Å². The molecule has 0 spiro atoms. The van der Waals surface area contributed by atoms with Crippen LogP contribution in [0.1, 0.15) is 29.9 Å². The normalized spacial score (nSPS) is 19.0. The van der Waals surface area contributed by atoms with Crippen molar-refractivity contribution >= 4 is 5.97 Å². The molecule has 1 aliphatic carbocycles. The van der Waals surface area contributed by atoms with E-state index >= 15 is 0 Å². The standard InChI is InChI=1S/C12H13FO3/c1-16-10-6-5-9(13)11-7(10)3-2-4-8(11)12(14)15/h5-6,8H,2-4H2,1H3,(H,14,15)/t8-/m0/s1. The fourth-order valence-electron chi connectivity index (χ4n) is 2.32. The minimum atomic E-state index is -0.965. The van der Waals surface area contributed by atoms with Crippen LogP contribution in [0.3, 0.4) is 0 Å². The topological polar surface area (TPSA) is 46.5 Å². The van der Waals surface area contributed by atoms with Gasteiger partial charge in [-0.3, -0.25) is 4.79 Å². The van der Waals surface area contributed by atoms with Gasteiger partial charge in [0, 0.05) is 11.1 Å². The highest BCUT2D eigenvalue weighted by Crippen LogP contribution is 2.38. The van der Waals surface area contributed by atoms with Gasteiger partial charge in [-0.1, -0.05) is 0 Å². The molecule has 1 aromatic carbocycles. The van der Waals surface area contributed by atoms with Crippen LogP contribution >= 0.6 is 0 Å². The lowest BCUT2D eigenvalue weighted by molar-refractivity contribution is -0.139. The molecule has 0 bridgehead atoms. The maximum absolute atomic E-state index is 13.7. The molecule has 0 saturated heterocycles. The number of hydrogen-bond acceptors (Lipinski definition) is 2. The summed E-state index contributed by atoms with van der Waals surface area (Å²) in [5, 5.41) is 9.07. The van der Waals surface area contributed by atoms with Crippen molar-refractivity contribution in [1.82, 2.24) is 0 Å². The Balaban J connectivity index is 2.58. The average Bonchev–Trinajstić information content (AvgIpc) is 2.29. The van der Waals surface area contributed by atoms with Crippen molar-refractivity contribution in [3.63, 3.8) is 0 Å². The van der Waals surface area contributed by atoms with Crippen LogP contribution in [0.4, 0.5) is 4.39 Å². The van der Waals surface area contributed by atoms with Gasteiger partial charge in [0.05, 0.1) is 13.0 Å². The second-order valence-electron chi connectivity index (χ2n) is 3.92. The van der Waals surface area contributed by atoms with Gasteiger partial charge in [-0.2, -0.15) is 0 Å². The van der Waals surface area contributed by atoms with Crippen LogP contribution in [0, 0.1) is 5.82 Å². The van der Waals surface area contributed by atoms with E-state index in [1.54, 1.807) is 6.07 Å². The molecule has 0 aliphatic heterocycles. The molecule has 1 aliphatic rings. The molecule has 1 N–H and O–H groups in total. The SMILES string of the molecule is COc1ccc(F)c2c1CCC[C@@H]2C(=O)O. The number of hydrogen-bond donors (Lipinski definition) is 1. The number of ether oxygens (including phenoxy) is 1. The highest BCUT2D eigenvalue weighted by molar-refractivity contribution is 5.77. The van der Waals surface area contributed by atoms with Gasteiger partial charge in [-0.05, 0) is 31.4 Å². The van der Waals surface area contributed by atoms with Crippen molar-refractivity contribution in [2.24, 2.45) is 0 Å². The molecule has 3 nitrogen and oxygen atoms in total. The third kappa shape index (κ3) is 1.64. The second kappa shape index (κ2) is 4.12. The molecule has 86 valence electrons. The van der Waals surface area contributed by atoms with Gasteiger partial charge < -0.3 is 9.84 Å². The van der Waals surface area contributed by atoms with Gasteiger partial charge in [0.25, 0.3) is 0 Å². The summed E-state index contributed by atoms with van der Waals surface area (Å²) in [7, 11) is 1.51. The predicted molar refractivity (Wildman–Crippen MR) is 56.3 cm³/mol. The van der Waals surface area contributed by atoms with Gasteiger partial charge in [0.2, 0.25) is 0 Å². The summed E-state index contributed by atoms with van der Waals surface area (Å²) < 4.78 is 18.8. The first-order valence-corrected chi connectivity index (χ1v) is 5.23. The quantitative estimate of drug-likeness (QED) is 0.838. The number of carboxylic acid groups (broad SMARTS) is 1. The summed E-state index contributed by atoms with van der Waals surface area (Å²) in [6, 6.07) is 2.83. The lowest BCUT2D eigenvalue weighted by Crippen LogP contribution is -2.20. The lowest BCUT2D eigenvalue weighted by Gasteiger charge is -2.24. The molecule has 2 rings (SSSR count). The highest BCUT2D eigenvalue weighted by Gasteiger charge is 2.30. The monoisotopic (exact) mass is 224 g/mol. The first-order valence-electron chi connectivity index (χ1n) is 5.23. The predicted octanol–water partition coefficient (Wildman–Crippen LogP) is 2.34. The van der Waals surface area contributed by atoms with Gasteiger partial charge >= 0.3 is 5.97 Å². The number of halogens is 1. The molecular formula is C12H13FO3. The summed E-state index contributed by atoms with van der Waals surface area (Å²) >= 11 is 0. The van der Waals surface area contributed by atoms with Crippen molar-refractivity contribution < 1.29 is 19.0 Å². The molecule has 4 heteroatoms. The van der Waals surface area contributed by atoms with Gasteiger partial charge in [-0.15, -0.1) is 0 Å². The van der Waals surface area contributed by atoms with E-state index in [2.05, 4.69) is 0 Å². The molecular weight excluding hydrogens is 211 g/mol. The third-order valence-electron chi connectivity index (χ3n) is 3.05. The molecule has 0 saturated carbocycles. The summed E-state index contributed by atoms with van der Waals surface area (Å²) in [5.74, 6) is -1.56. The maximum atomic E-state index is 13.7. The number of aliphatic carboxylic acids is 1. The van der Waals surface area contributed by atoms with Crippen molar-refractivity contribution in [2.75, 3.05) is 7.11 Å². The Morgan fingerprint density at radius 1 is 1.56 bits per heavy atom. The third-order valence-corrected chi connectivity index (χ3v) is 3.05. The van der Waals surface area contributed by atoms with Crippen molar-refractivity contribution in [3.8, 4) is 5.75 Å². The maximum Gasteiger partial charge on any atom is 0.311 e. The Morgan fingerprint density at radius 3 is 2.94 bits per heavy atom. The van der Waals surface area contributed by atoms with E-state index < -0.39 is 17.7 Å². The Kier molecular flexibility index (Phi) is 2.81. The Hall–Kier alpha value is -1.58.